The average Bonchev–Trinajstić information content (AvgIpc) is 3.16. The number of carbonyl (C=O) groups is 4. The molecule has 0 saturated carbocycles. The van der Waals surface area contributed by atoms with Gasteiger partial charge in [-0.15, -0.1) is 0 Å². The zero-order valence-corrected chi connectivity index (χ0v) is 30.1. The minimum absolute atomic E-state index is 0.395. The van der Waals surface area contributed by atoms with E-state index >= 15 is 0 Å². The molecule has 6 N–H and O–H groups in total. The molecule has 12 heteroatoms. The van der Waals surface area contributed by atoms with Crippen LogP contribution in [0.2, 0.25) is 0 Å². The van der Waals surface area contributed by atoms with Crippen LogP contribution in [0.3, 0.4) is 0 Å². The topological polar surface area (TPSA) is 169 Å². The maximum absolute atomic E-state index is 12.7. The standard InChI is InChI=1S/C43H38N6O6/c1-28-13-19-34(26-38(28)46-42(52)54-36-9-5-3-6-10-36)48(40(44)50)32-21-15-30(16-22-32)25-31-17-23-33(24-18-31)49(41(45)51)35-20-14-29(2)39(27-35)47-43(53)55-37-11-7-4-8-12-37/h3-24,26-27H,25H2,1-2H3,(H2,44,50)(H2,45,51)(H,46,52)(H,47,53). The number of aryl methyl sites for hydroxylation is 2. The van der Waals surface area contributed by atoms with Crippen LogP contribution in [0, 0.1) is 13.8 Å². The summed E-state index contributed by atoms with van der Waals surface area (Å²) in [6.07, 6.45) is -0.786. The predicted octanol–water partition coefficient (Wildman–Crippen LogP) is 9.55. The van der Waals surface area contributed by atoms with Crippen LogP contribution in [-0.2, 0) is 6.42 Å². The second-order valence-corrected chi connectivity index (χ2v) is 12.5. The first kappa shape index (κ1) is 37.2. The Morgan fingerprint density at radius 2 is 0.836 bits per heavy atom. The number of rotatable bonds is 10. The van der Waals surface area contributed by atoms with Gasteiger partial charge in [-0.3, -0.25) is 20.4 Å². The SMILES string of the molecule is Cc1ccc(N(C(N)=O)c2ccc(Cc3ccc(N(C(N)=O)c4ccc(C)c(NC(=O)Oc5ccccc5)c4)cc3)cc2)cc1NC(=O)Oc1ccccc1. The molecule has 0 radical (unpaired) electrons. The molecule has 0 aliphatic heterocycles. The van der Waals surface area contributed by atoms with Gasteiger partial charge in [0.05, 0.1) is 22.7 Å². The molecule has 0 atom stereocenters. The van der Waals surface area contributed by atoms with Gasteiger partial charge >= 0.3 is 24.2 Å². The fourth-order valence-corrected chi connectivity index (χ4v) is 5.80. The van der Waals surface area contributed by atoms with Crippen molar-refractivity contribution in [2.24, 2.45) is 11.5 Å². The molecule has 0 fully saturated rings. The first-order chi connectivity index (χ1) is 26.5. The molecule has 6 amide bonds. The number of para-hydroxylation sites is 2. The Hall–Kier alpha value is -7.60. The van der Waals surface area contributed by atoms with E-state index in [-0.39, 0.29) is 0 Å². The van der Waals surface area contributed by atoms with Gasteiger partial charge in [-0.25, -0.2) is 19.2 Å². The first-order valence-electron chi connectivity index (χ1n) is 17.2. The number of nitrogens with two attached hydrogens (primary N) is 2. The van der Waals surface area contributed by atoms with Crippen molar-refractivity contribution in [1.82, 2.24) is 0 Å². The number of hydrogen-bond acceptors (Lipinski definition) is 6. The number of anilines is 6. The van der Waals surface area contributed by atoms with Crippen molar-refractivity contribution >= 4 is 58.4 Å². The highest BCUT2D eigenvalue weighted by Crippen LogP contribution is 2.32. The fraction of sp³-hybridized carbons (Fsp3) is 0.0698. The molecule has 6 aromatic carbocycles. The third-order valence-electron chi connectivity index (χ3n) is 8.58. The Balaban J connectivity index is 1.13. The van der Waals surface area contributed by atoms with Gasteiger partial charge in [-0.2, -0.15) is 0 Å². The minimum Gasteiger partial charge on any atom is -0.410 e. The van der Waals surface area contributed by atoms with Gasteiger partial charge < -0.3 is 20.9 Å². The van der Waals surface area contributed by atoms with Gasteiger partial charge in [0.15, 0.2) is 0 Å². The van der Waals surface area contributed by atoms with Gasteiger partial charge in [0.1, 0.15) is 11.5 Å². The van der Waals surface area contributed by atoms with Crippen molar-refractivity contribution in [3.8, 4) is 11.5 Å². The summed E-state index contributed by atoms with van der Waals surface area (Å²) < 4.78 is 10.7. The summed E-state index contributed by atoms with van der Waals surface area (Å²) in [4.78, 5) is 53.3. The highest BCUT2D eigenvalue weighted by Gasteiger charge is 2.19. The number of ether oxygens (including phenoxy) is 2. The van der Waals surface area contributed by atoms with Gasteiger partial charge in [-0.1, -0.05) is 72.8 Å². The van der Waals surface area contributed by atoms with Crippen LogP contribution < -0.4 is 41.4 Å². The van der Waals surface area contributed by atoms with Gasteiger partial charge in [0.25, 0.3) is 0 Å². The van der Waals surface area contributed by atoms with E-state index in [4.69, 9.17) is 20.9 Å². The molecule has 0 heterocycles. The second kappa shape index (κ2) is 16.8. The monoisotopic (exact) mass is 734 g/mol. The highest BCUT2D eigenvalue weighted by molar-refractivity contribution is 6.01. The number of nitrogens with one attached hydrogen (secondary N) is 2. The van der Waals surface area contributed by atoms with Crippen LogP contribution in [0.4, 0.5) is 53.3 Å². The molecule has 0 unspecified atom stereocenters. The van der Waals surface area contributed by atoms with Crippen LogP contribution in [-0.4, -0.2) is 24.2 Å². The molecule has 0 aliphatic carbocycles. The molecule has 0 bridgehead atoms. The largest absolute Gasteiger partial charge is 0.417 e. The summed E-state index contributed by atoms with van der Waals surface area (Å²) in [7, 11) is 0. The van der Waals surface area contributed by atoms with Gasteiger partial charge in [-0.05, 0) is 115 Å². The van der Waals surface area contributed by atoms with Crippen molar-refractivity contribution < 1.29 is 28.7 Å². The molecular weight excluding hydrogens is 697 g/mol. The Labute approximate surface area is 317 Å². The summed E-state index contributed by atoms with van der Waals surface area (Å²) in [5, 5.41) is 5.47. The smallest absolute Gasteiger partial charge is 0.410 e. The molecule has 0 saturated heterocycles. The summed E-state index contributed by atoms with van der Waals surface area (Å²) in [6, 6.07) is 41.1. The molecular formula is C43H38N6O6. The summed E-state index contributed by atoms with van der Waals surface area (Å²) in [5.74, 6) is 0.790. The average molecular weight is 735 g/mol. The number of benzene rings is 6. The van der Waals surface area contributed by atoms with E-state index in [1.54, 1.807) is 109 Å². The molecule has 55 heavy (non-hydrogen) atoms. The third kappa shape index (κ3) is 9.45. The maximum atomic E-state index is 12.7. The summed E-state index contributed by atoms with van der Waals surface area (Å²) in [6.45, 7) is 3.65. The van der Waals surface area contributed by atoms with Crippen LogP contribution in [0.15, 0.2) is 146 Å². The maximum Gasteiger partial charge on any atom is 0.417 e. The number of hydrogen-bond donors (Lipinski definition) is 4. The van der Waals surface area contributed by atoms with E-state index in [1.165, 1.54) is 9.80 Å². The lowest BCUT2D eigenvalue weighted by molar-refractivity contribution is 0.214. The number of primary amides is 2. The minimum atomic E-state index is -0.701. The van der Waals surface area contributed by atoms with Crippen molar-refractivity contribution in [3.63, 3.8) is 0 Å². The molecule has 6 aromatic rings. The van der Waals surface area contributed by atoms with Crippen molar-refractivity contribution in [2.75, 3.05) is 20.4 Å². The van der Waals surface area contributed by atoms with E-state index < -0.39 is 24.2 Å². The molecule has 12 nitrogen and oxygen atoms in total. The fourth-order valence-electron chi connectivity index (χ4n) is 5.80. The van der Waals surface area contributed by atoms with E-state index in [0.29, 0.717) is 52.0 Å². The van der Waals surface area contributed by atoms with E-state index in [2.05, 4.69) is 10.6 Å². The molecule has 0 aromatic heterocycles. The highest BCUT2D eigenvalue weighted by atomic mass is 16.6. The van der Waals surface area contributed by atoms with Crippen LogP contribution in [0.5, 0.6) is 11.5 Å². The molecule has 276 valence electrons. The zero-order valence-electron chi connectivity index (χ0n) is 30.1. The number of urea groups is 2. The molecule has 0 aliphatic rings. The van der Waals surface area contributed by atoms with Crippen LogP contribution >= 0.6 is 0 Å². The number of carbonyl (C=O) groups excluding carboxylic acids is 4. The third-order valence-corrected chi connectivity index (χ3v) is 8.58. The molecule has 0 spiro atoms. The quantitative estimate of drug-likeness (QED) is 0.109. The number of amides is 6. The zero-order chi connectivity index (χ0) is 38.9. The van der Waals surface area contributed by atoms with Crippen molar-refractivity contribution in [1.29, 1.82) is 0 Å². The number of nitrogens with zero attached hydrogens (tertiary/aromatic N) is 2. The molecule has 6 rings (SSSR count). The van der Waals surface area contributed by atoms with E-state index in [0.717, 1.165) is 22.3 Å². The second-order valence-electron chi connectivity index (χ2n) is 12.5. The first-order valence-corrected chi connectivity index (χ1v) is 17.2. The summed E-state index contributed by atoms with van der Waals surface area (Å²) >= 11 is 0. The van der Waals surface area contributed by atoms with Crippen molar-refractivity contribution in [3.05, 3.63) is 168 Å². The normalized spacial score (nSPS) is 10.5. The lowest BCUT2D eigenvalue weighted by Gasteiger charge is -2.23. The Kier molecular flexibility index (Phi) is 11.4. The van der Waals surface area contributed by atoms with E-state index in [9.17, 15) is 19.2 Å². The van der Waals surface area contributed by atoms with Crippen LogP contribution in [0.1, 0.15) is 22.3 Å². The lowest BCUT2D eigenvalue weighted by Crippen LogP contribution is -2.31. The summed E-state index contributed by atoms with van der Waals surface area (Å²) in [5.41, 5.74) is 18.0. The van der Waals surface area contributed by atoms with Gasteiger partial charge in [0.2, 0.25) is 0 Å². The Bertz CT molecular complexity index is 2150. The lowest BCUT2D eigenvalue weighted by atomic mass is 10.0. The Morgan fingerprint density at radius 1 is 0.491 bits per heavy atom. The predicted molar refractivity (Wildman–Crippen MR) is 214 cm³/mol. The van der Waals surface area contributed by atoms with E-state index in [1.807, 2.05) is 50.2 Å². The van der Waals surface area contributed by atoms with Crippen LogP contribution in [0.25, 0.3) is 0 Å². The van der Waals surface area contributed by atoms with Gasteiger partial charge in [0, 0.05) is 11.4 Å². The Morgan fingerprint density at radius 3 is 1.18 bits per heavy atom. The van der Waals surface area contributed by atoms with Crippen molar-refractivity contribution in [2.45, 2.75) is 20.3 Å².